The van der Waals surface area contributed by atoms with Crippen LogP contribution in [0.25, 0.3) is 0 Å². The topological polar surface area (TPSA) is 58.6 Å². The minimum absolute atomic E-state index is 0.105. The molecular weight excluding hydrogens is 396 g/mol. The zero-order valence-electron chi connectivity index (χ0n) is 17.4. The lowest BCUT2D eigenvalue weighted by Gasteiger charge is -2.34. The highest BCUT2D eigenvalue weighted by atomic mass is 32.1. The zero-order valence-corrected chi connectivity index (χ0v) is 18.2. The van der Waals surface area contributed by atoms with Gasteiger partial charge in [0.15, 0.2) is 0 Å². The van der Waals surface area contributed by atoms with E-state index in [0.29, 0.717) is 19.5 Å². The first-order valence-electron chi connectivity index (χ1n) is 10.2. The Balaban J connectivity index is 1.34. The number of piperazine rings is 1. The van der Waals surface area contributed by atoms with Gasteiger partial charge < -0.3 is 14.5 Å². The molecule has 0 atom stereocenters. The van der Waals surface area contributed by atoms with Crippen molar-refractivity contribution < 1.29 is 9.53 Å². The summed E-state index contributed by atoms with van der Waals surface area (Å²) in [6, 6.07) is 15.9. The maximum atomic E-state index is 12.8. The second-order valence-corrected chi connectivity index (χ2v) is 8.08. The van der Waals surface area contributed by atoms with Crippen molar-refractivity contribution in [2.45, 2.75) is 19.8 Å². The molecule has 30 heavy (non-hydrogen) atoms. The fraction of sp³-hybridized carbons (Fsp3) is 0.348. The number of aryl methyl sites for hydroxylation is 1. The summed E-state index contributed by atoms with van der Waals surface area (Å²) < 4.78 is 9.81. The normalized spacial score (nSPS) is 14.1. The number of ether oxygens (including phenoxy) is 1. The number of carbonyl (C=O) groups excluding carboxylic acids is 1. The van der Waals surface area contributed by atoms with Crippen molar-refractivity contribution in [3.05, 3.63) is 71.0 Å². The van der Waals surface area contributed by atoms with Gasteiger partial charge in [-0.3, -0.25) is 4.79 Å². The van der Waals surface area contributed by atoms with Crippen LogP contribution in [-0.2, 0) is 12.8 Å². The quantitative estimate of drug-likeness (QED) is 0.607. The van der Waals surface area contributed by atoms with Crippen LogP contribution in [0.5, 0.6) is 5.75 Å². The summed E-state index contributed by atoms with van der Waals surface area (Å²) in [5.41, 5.74) is 3.14. The van der Waals surface area contributed by atoms with E-state index in [9.17, 15) is 4.79 Å². The average molecular weight is 423 g/mol. The highest BCUT2D eigenvalue weighted by molar-refractivity contribution is 7.09. The Hall–Kier alpha value is -2.93. The number of amides is 1. The highest BCUT2D eigenvalue weighted by Crippen LogP contribution is 2.22. The summed E-state index contributed by atoms with van der Waals surface area (Å²) in [4.78, 5) is 21.6. The lowest BCUT2D eigenvalue weighted by atomic mass is 10.1. The van der Waals surface area contributed by atoms with E-state index in [2.05, 4.69) is 22.3 Å². The fourth-order valence-electron chi connectivity index (χ4n) is 3.58. The van der Waals surface area contributed by atoms with Gasteiger partial charge in [-0.25, -0.2) is 4.98 Å². The monoisotopic (exact) mass is 422 g/mol. The maximum absolute atomic E-state index is 12.8. The SMILES string of the molecule is CCc1ccc(C(=O)N2CCN(c3nc(Cc4cccc(OC)c4)ns3)CC2)cc1. The van der Waals surface area contributed by atoms with Crippen LogP contribution in [0.2, 0.25) is 0 Å². The van der Waals surface area contributed by atoms with Crippen LogP contribution in [-0.4, -0.2) is 53.5 Å². The molecule has 0 N–H and O–H groups in total. The lowest BCUT2D eigenvalue weighted by Crippen LogP contribution is -2.48. The van der Waals surface area contributed by atoms with Gasteiger partial charge in [0.25, 0.3) is 5.91 Å². The minimum Gasteiger partial charge on any atom is -0.497 e. The number of rotatable bonds is 6. The van der Waals surface area contributed by atoms with E-state index >= 15 is 0 Å². The van der Waals surface area contributed by atoms with E-state index in [1.807, 2.05) is 47.4 Å². The molecule has 0 bridgehead atoms. The third-order valence-electron chi connectivity index (χ3n) is 5.40. The first kappa shape index (κ1) is 20.3. The van der Waals surface area contributed by atoms with E-state index < -0.39 is 0 Å². The molecule has 2 aromatic carbocycles. The van der Waals surface area contributed by atoms with E-state index in [4.69, 9.17) is 9.72 Å². The molecule has 1 saturated heterocycles. The maximum Gasteiger partial charge on any atom is 0.253 e. The number of carbonyl (C=O) groups is 1. The molecule has 6 nitrogen and oxygen atoms in total. The molecule has 0 spiro atoms. The molecule has 1 fully saturated rings. The summed E-state index contributed by atoms with van der Waals surface area (Å²) >= 11 is 1.43. The van der Waals surface area contributed by atoms with Crippen LogP contribution in [0, 0.1) is 0 Å². The van der Waals surface area contributed by atoms with Gasteiger partial charge in [-0.15, -0.1) is 0 Å². The number of aromatic nitrogens is 2. The number of hydrogen-bond donors (Lipinski definition) is 0. The molecular formula is C23H26N4O2S. The molecule has 1 aromatic heterocycles. The van der Waals surface area contributed by atoms with Crippen LogP contribution in [0.3, 0.4) is 0 Å². The summed E-state index contributed by atoms with van der Waals surface area (Å²) in [5.74, 6) is 1.76. The molecule has 0 aliphatic carbocycles. The number of nitrogens with zero attached hydrogens (tertiary/aromatic N) is 4. The minimum atomic E-state index is 0.105. The zero-order chi connectivity index (χ0) is 20.9. The predicted octanol–water partition coefficient (Wildman–Crippen LogP) is 3.66. The second-order valence-electron chi connectivity index (χ2n) is 7.35. The number of hydrogen-bond acceptors (Lipinski definition) is 6. The molecule has 156 valence electrons. The first-order chi connectivity index (χ1) is 14.7. The Morgan fingerprint density at radius 3 is 2.53 bits per heavy atom. The van der Waals surface area contributed by atoms with Crippen LogP contribution in [0.4, 0.5) is 5.13 Å². The largest absolute Gasteiger partial charge is 0.497 e. The third kappa shape index (κ3) is 4.62. The van der Waals surface area contributed by atoms with Crippen LogP contribution >= 0.6 is 11.5 Å². The highest BCUT2D eigenvalue weighted by Gasteiger charge is 2.24. The molecule has 4 rings (SSSR count). The summed E-state index contributed by atoms with van der Waals surface area (Å²) in [6.45, 7) is 5.04. The molecule has 1 amide bonds. The summed E-state index contributed by atoms with van der Waals surface area (Å²) in [5, 5.41) is 0.923. The Morgan fingerprint density at radius 1 is 1.07 bits per heavy atom. The van der Waals surface area contributed by atoms with Gasteiger partial charge in [-0.1, -0.05) is 31.2 Å². The van der Waals surface area contributed by atoms with Crippen molar-refractivity contribution in [2.75, 3.05) is 38.2 Å². The second kappa shape index (κ2) is 9.26. The van der Waals surface area contributed by atoms with Crippen LogP contribution in [0.15, 0.2) is 48.5 Å². The molecule has 7 heteroatoms. The Morgan fingerprint density at radius 2 is 1.83 bits per heavy atom. The van der Waals surface area contributed by atoms with E-state index in [-0.39, 0.29) is 5.91 Å². The van der Waals surface area contributed by atoms with Gasteiger partial charge in [0.05, 0.1) is 7.11 Å². The average Bonchev–Trinajstić information content (AvgIpc) is 3.27. The van der Waals surface area contributed by atoms with Crippen LogP contribution in [0.1, 0.15) is 34.2 Å². The van der Waals surface area contributed by atoms with Gasteiger partial charge in [0.1, 0.15) is 11.6 Å². The molecule has 0 saturated carbocycles. The van der Waals surface area contributed by atoms with Gasteiger partial charge in [-0.2, -0.15) is 4.37 Å². The Labute approximate surface area is 181 Å². The molecule has 1 aliphatic heterocycles. The number of benzene rings is 2. The Kier molecular flexibility index (Phi) is 6.28. The van der Waals surface area contributed by atoms with Gasteiger partial charge in [0.2, 0.25) is 5.13 Å². The summed E-state index contributed by atoms with van der Waals surface area (Å²) in [7, 11) is 1.67. The van der Waals surface area contributed by atoms with Crippen molar-refractivity contribution >= 4 is 22.6 Å². The predicted molar refractivity (Wildman–Crippen MR) is 120 cm³/mol. The molecule has 0 radical (unpaired) electrons. The van der Waals surface area contributed by atoms with Crippen molar-refractivity contribution in [3.8, 4) is 5.75 Å². The van der Waals surface area contributed by atoms with Gasteiger partial charge in [-0.05, 0) is 41.8 Å². The van der Waals surface area contributed by atoms with Crippen molar-refractivity contribution in [1.29, 1.82) is 0 Å². The third-order valence-corrected chi connectivity index (χ3v) is 6.22. The van der Waals surface area contributed by atoms with Crippen molar-refractivity contribution in [1.82, 2.24) is 14.3 Å². The van der Waals surface area contributed by atoms with Crippen molar-refractivity contribution in [2.24, 2.45) is 0 Å². The molecule has 0 unspecified atom stereocenters. The van der Waals surface area contributed by atoms with E-state index in [1.165, 1.54) is 17.1 Å². The standard InChI is InChI=1S/C23H26N4O2S/c1-3-17-7-9-19(10-8-17)22(28)26-11-13-27(14-12-26)23-24-21(25-30-23)16-18-5-4-6-20(15-18)29-2/h4-10,15H,3,11-14,16H2,1-2H3. The van der Waals surface area contributed by atoms with E-state index in [0.717, 1.165) is 47.3 Å². The number of methoxy groups -OCH3 is 1. The number of anilines is 1. The van der Waals surface area contributed by atoms with Gasteiger partial charge >= 0.3 is 0 Å². The summed E-state index contributed by atoms with van der Waals surface area (Å²) in [6.07, 6.45) is 1.66. The smallest absolute Gasteiger partial charge is 0.253 e. The van der Waals surface area contributed by atoms with Gasteiger partial charge in [0, 0.05) is 49.7 Å². The van der Waals surface area contributed by atoms with Crippen molar-refractivity contribution in [3.63, 3.8) is 0 Å². The van der Waals surface area contributed by atoms with Crippen LogP contribution < -0.4 is 9.64 Å². The lowest BCUT2D eigenvalue weighted by molar-refractivity contribution is 0.0746. The molecule has 2 heterocycles. The Bertz CT molecular complexity index is 994. The molecule has 3 aromatic rings. The first-order valence-corrected chi connectivity index (χ1v) is 11.0. The molecule has 1 aliphatic rings. The van der Waals surface area contributed by atoms with E-state index in [1.54, 1.807) is 7.11 Å². The fourth-order valence-corrected chi connectivity index (χ4v) is 4.31.